The lowest BCUT2D eigenvalue weighted by molar-refractivity contribution is -0.385. The second-order valence-electron chi connectivity index (χ2n) is 6.56. The van der Waals surface area contributed by atoms with Gasteiger partial charge in [0.1, 0.15) is 5.82 Å². The summed E-state index contributed by atoms with van der Waals surface area (Å²) in [5.74, 6) is -0.470. The lowest BCUT2D eigenvalue weighted by Crippen LogP contribution is -2.37. The molecule has 0 aromatic heterocycles. The molecule has 5 nitrogen and oxygen atoms in total. The van der Waals surface area contributed by atoms with Gasteiger partial charge in [0, 0.05) is 51.0 Å². The monoisotopic (exact) mass is 331 g/mol. The van der Waals surface area contributed by atoms with Crippen molar-refractivity contribution in [3.8, 4) is 0 Å². The van der Waals surface area contributed by atoms with E-state index in [-0.39, 0.29) is 30.0 Å². The molecule has 0 heterocycles. The van der Waals surface area contributed by atoms with Crippen molar-refractivity contribution in [2.75, 3.05) is 12.4 Å². The Balaban J connectivity index is 3.32. The minimum Gasteiger partial charge on any atom is -0.396 e. The SMILES string of the molecule is CC(C)(C)[S@@](=O)C[C@@](C)(CCO)c1cc([N+](=O)[O-])ccc1F. The molecule has 0 saturated heterocycles. The highest BCUT2D eigenvalue weighted by Crippen LogP contribution is 2.34. The van der Waals surface area contributed by atoms with Gasteiger partial charge in [-0.15, -0.1) is 0 Å². The third-order valence-electron chi connectivity index (χ3n) is 3.61. The first-order chi connectivity index (χ1) is 10.0. The van der Waals surface area contributed by atoms with E-state index in [1.54, 1.807) is 6.92 Å². The van der Waals surface area contributed by atoms with Gasteiger partial charge in [0.2, 0.25) is 0 Å². The van der Waals surface area contributed by atoms with Gasteiger partial charge < -0.3 is 5.11 Å². The molecule has 124 valence electrons. The van der Waals surface area contributed by atoms with Crippen LogP contribution in [0.15, 0.2) is 18.2 Å². The summed E-state index contributed by atoms with van der Waals surface area (Å²) in [6, 6.07) is 3.31. The molecule has 2 atom stereocenters. The maximum atomic E-state index is 14.2. The summed E-state index contributed by atoms with van der Waals surface area (Å²) >= 11 is 0. The summed E-state index contributed by atoms with van der Waals surface area (Å²) < 4.78 is 26.1. The molecular formula is C15H22FNO4S. The summed E-state index contributed by atoms with van der Waals surface area (Å²) in [6.45, 7) is 6.89. The van der Waals surface area contributed by atoms with Crippen LogP contribution >= 0.6 is 0 Å². The van der Waals surface area contributed by atoms with Crippen molar-refractivity contribution in [1.82, 2.24) is 0 Å². The fourth-order valence-corrected chi connectivity index (χ4v) is 3.44. The van der Waals surface area contributed by atoms with Crippen LogP contribution in [0.4, 0.5) is 10.1 Å². The minimum absolute atomic E-state index is 0.119. The van der Waals surface area contributed by atoms with Crippen molar-refractivity contribution in [2.45, 2.75) is 44.3 Å². The fraction of sp³-hybridized carbons (Fsp3) is 0.600. The molecule has 0 spiro atoms. The molecule has 1 aromatic carbocycles. The first-order valence-corrected chi connectivity index (χ1v) is 8.27. The molecule has 0 aliphatic carbocycles. The Morgan fingerprint density at radius 1 is 1.32 bits per heavy atom. The van der Waals surface area contributed by atoms with Gasteiger partial charge in [-0.2, -0.15) is 0 Å². The van der Waals surface area contributed by atoms with Gasteiger partial charge in [0.25, 0.3) is 5.69 Å². The number of hydrogen-bond acceptors (Lipinski definition) is 4. The molecule has 0 amide bonds. The topological polar surface area (TPSA) is 80.4 Å². The third-order valence-corrected chi connectivity index (χ3v) is 5.87. The van der Waals surface area contributed by atoms with Gasteiger partial charge in [0.15, 0.2) is 0 Å². The van der Waals surface area contributed by atoms with Gasteiger partial charge >= 0.3 is 0 Å². The van der Waals surface area contributed by atoms with E-state index in [0.717, 1.165) is 12.1 Å². The largest absolute Gasteiger partial charge is 0.396 e. The second-order valence-corrected chi connectivity index (χ2v) is 8.76. The number of nitro groups is 1. The van der Waals surface area contributed by atoms with Crippen molar-refractivity contribution in [1.29, 1.82) is 0 Å². The molecular weight excluding hydrogens is 309 g/mol. The average Bonchev–Trinajstić information content (AvgIpc) is 2.37. The van der Waals surface area contributed by atoms with E-state index in [1.807, 2.05) is 20.8 Å². The van der Waals surface area contributed by atoms with E-state index < -0.39 is 31.7 Å². The Morgan fingerprint density at radius 3 is 2.36 bits per heavy atom. The zero-order valence-corrected chi connectivity index (χ0v) is 14.1. The Morgan fingerprint density at radius 2 is 1.91 bits per heavy atom. The van der Waals surface area contributed by atoms with E-state index in [9.17, 15) is 23.8 Å². The lowest BCUT2D eigenvalue weighted by atomic mass is 9.81. The van der Waals surface area contributed by atoms with Gasteiger partial charge in [-0.3, -0.25) is 14.3 Å². The average molecular weight is 331 g/mol. The highest BCUT2D eigenvalue weighted by molar-refractivity contribution is 7.86. The number of aliphatic hydroxyl groups excluding tert-OH is 1. The number of benzene rings is 1. The number of nitro benzene ring substituents is 1. The standard InChI is InChI=1S/C15H22FNO4S/c1-14(2,3)22(21)10-15(4,7-8-18)12-9-11(17(19)20)5-6-13(12)16/h5-6,9,18H,7-8,10H2,1-4H3/t15-,22+/m1/s1. The van der Waals surface area contributed by atoms with E-state index >= 15 is 0 Å². The van der Waals surface area contributed by atoms with Gasteiger partial charge in [-0.05, 0) is 33.3 Å². The zero-order chi connectivity index (χ0) is 17.1. The normalized spacial score (nSPS) is 16.1. The first-order valence-electron chi connectivity index (χ1n) is 6.95. The smallest absolute Gasteiger partial charge is 0.269 e. The molecule has 0 aliphatic rings. The highest BCUT2D eigenvalue weighted by Gasteiger charge is 2.35. The van der Waals surface area contributed by atoms with Crippen LogP contribution in [-0.2, 0) is 16.2 Å². The van der Waals surface area contributed by atoms with Crippen molar-refractivity contribution in [3.05, 3.63) is 39.7 Å². The molecule has 1 aromatic rings. The number of hydrogen-bond donors (Lipinski definition) is 1. The number of non-ortho nitro benzene ring substituents is 1. The maximum Gasteiger partial charge on any atom is 0.269 e. The molecule has 0 unspecified atom stereocenters. The van der Waals surface area contributed by atoms with E-state index in [2.05, 4.69) is 0 Å². The molecule has 0 aliphatic heterocycles. The lowest BCUT2D eigenvalue weighted by Gasteiger charge is -2.32. The summed E-state index contributed by atoms with van der Waals surface area (Å²) in [6.07, 6.45) is 0.174. The van der Waals surface area contributed by atoms with Crippen LogP contribution < -0.4 is 0 Å². The quantitative estimate of drug-likeness (QED) is 0.642. The maximum absolute atomic E-state index is 14.2. The van der Waals surface area contributed by atoms with Crippen LogP contribution in [0.2, 0.25) is 0 Å². The number of rotatable bonds is 6. The van der Waals surface area contributed by atoms with Crippen LogP contribution in [0.3, 0.4) is 0 Å². The predicted molar refractivity (Wildman–Crippen MR) is 84.9 cm³/mol. The molecule has 0 fully saturated rings. The molecule has 0 saturated carbocycles. The summed E-state index contributed by atoms with van der Waals surface area (Å²) in [5.41, 5.74) is -1.04. The summed E-state index contributed by atoms with van der Waals surface area (Å²) in [7, 11) is -1.28. The zero-order valence-electron chi connectivity index (χ0n) is 13.3. The Hall–Kier alpha value is -1.34. The third kappa shape index (κ3) is 4.33. The van der Waals surface area contributed by atoms with Crippen molar-refractivity contribution in [2.24, 2.45) is 0 Å². The van der Waals surface area contributed by atoms with Gasteiger partial charge in [-0.1, -0.05) is 6.92 Å². The number of halogens is 1. The van der Waals surface area contributed by atoms with Crippen molar-refractivity contribution in [3.63, 3.8) is 0 Å². The predicted octanol–water partition coefficient (Wildman–Crippen LogP) is 2.92. The Labute approximate surface area is 132 Å². The summed E-state index contributed by atoms with van der Waals surface area (Å²) in [4.78, 5) is 10.3. The highest BCUT2D eigenvalue weighted by atomic mass is 32.2. The second kappa shape index (κ2) is 6.83. The fourth-order valence-electron chi connectivity index (χ4n) is 2.13. The van der Waals surface area contributed by atoms with Crippen LogP contribution in [-0.4, -0.2) is 31.3 Å². The Bertz CT molecular complexity index is 585. The molecule has 7 heteroatoms. The van der Waals surface area contributed by atoms with Gasteiger partial charge in [0.05, 0.1) is 4.92 Å². The van der Waals surface area contributed by atoms with E-state index in [4.69, 9.17) is 0 Å². The van der Waals surface area contributed by atoms with Crippen molar-refractivity contribution >= 4 is 16.5 Å². The van der Waals surface area contributed by atoms with Crippen molar-refractivity contribution < 1.29 is 18.6 Å². The molecule has 1 N–H and O–H groups in total. The van der Waals surface area contributed by atoms with Crippen LogP contribution in [0.1, 0.15) is 39.7 Å². The first kappa shape index (κ1) is 18.7. The van der Waals surface area contributed by atoms with Crippen LogP contribution in [0, 0.1) is 15.9 Å². The van der Waals surface area contributed by atoms with E-state index in [0.29, 0.717) is 0 Å². The summed E-state index contributed by atoms with van der Waals surface area (Å²) in [5, 5.41) is 20.2. The molecule has 0 bridgehead atoms. The molecule has 1 rings (SSSR count). The molecule has 0 radical (unpaired) electrons. The Kier molecular flexibility index (Phi) is 5.81. The number of aliphatic hydroxyl groups is 1. The minimum atomic E-state index is -1.28. The molecule has 22 heavy (non-hydrogen) atoms. The van der Waals surface area contributed by atoms with Crippen LogP contribution in [0.25, 0.3) is 0 Å². The number of nitrogens with zero attached hydrogens (tertiary/aromatic N) is 1. The van der Waals surface area contributed by atoms with Gasteiger partial charge in [-0.25, -0.2) is 4.39 Å². The van der Waals surface area contributed by atoms with Crippen LogP contribution in [0.5, 0.6) is 0 Å². The van der Waals surface area contributed by atoms with E-state index in [1.165, 1.54) is 6.07 Å².